The minimum Gasteiger partial charge on any atom is -0.374 e. The van der Waals surface area contributed by atoms with Crippen LogP contribution in [0.3, 0.4) is 0 Å². The maximum absolute atomic E-state index is 13.0. The molecule has 4 heteroatoms. The summed E-state index contributed by atoms with van der Waals surface area (Å²) in [4.78, 5) is 17.4. The zero-order chi connectivity index (χ0) is 19.9. The normalized spacial score (nSPS) is 17.6. The third-order valence-corrected chi connectivity index (χ3v) is 5.07. The molecule has 0 saturated carbocycles. The molecule has 4 nitrogen and oxygen atoms in total. The Labute approximate surface area is 169 Å². The molecule has 1 fully saturated rings. The largest absolute Gasteiger partial charge is 0.374 e. The Balaban J connectivity index is 1.63. The number of rotatable bonds is 7. The highest BCUT2D eigenvalue weighted by molar-refractivity contribution is 5.94. The number of hydrogen-bond acceptors (Lipinski definition) is 3. The van der Waals surface area contributed by atoms with Gasteiger partial charge in [-0.05, 0) is 30.5 Å². The molecule has 0 unspecified atom stereocenters. The molecule has 0 radical (unpaired) electrons. The maximum atomic E-state index is 13.0. The quantitative estimate of drug-likeness (QED) is 0.728. The lowest BCUT2D eigenvalue weighted by atomic mass is 10.1. The number of benzene rings is 2. The number of ether oxygens (including phenoxy) is 1. The second-order valence-electron chi connectivity index (χ2n) is 8.18. The van der Waals surface area contributed by atoms with E-state index in [1.54, 1.807) is 0 Å². The van der Waals surface area contributed by atoms with Gasteiger partial charge in [-0.1, -0.05) is 61.9 Å². The van der Waals surface area contributed by atoms with Crippen LogP contribution in [0.4, 0.5) is 0 Å². The van der Waals surface area contributed by atoms with E-state index in [0.717, 1.165) is 31.7 Å². The van der Waals surface area contributed by atoms with Gasteiger partial charge >= 0.3 is 0 Å². The Morgan fingerprint density at radius 1 is 1.14 bits per heavy atom. The van der Waals surface area contributed by atoms with Crippen molar-refractivity contribution in [2.24, 2.45) is 5.92 Å². The molecule has 0 bridgehead atoms. The minimum atomic E-state index is 0.0469. The summed E-state index contributed by atoms with van der Waals surface area (Å²) in [5, 5.41) is 0. The summed E-state index contributed by atoms with van der Waals surface area (Å²) in [6, 6.07) is 18.3. The van der Waals surface area contributed by atoms with Crippen molar-refractivity contribution < 1.29 is 9.53 Å². The molecule has 150 valence electrons. The predicted octanol–water partition coefficient (Wildman–Crippen LogP) is 3.99. The summed E-state index contributed by atoms with van der Waals surface area (Å²) in [6.45, 7) is 11.2. The molecule has 1 heterocycles. The molecule has 2 aromatic carbocycles. The highest BCUT2D eigenvalue weighted by Gasteiger charge is 2.26. The van der Waals surface area contributed by atoms with Crippen LogP contribution in [0.2, 0.25) is 0 Å². The van der Waals surface area contributed by atoms with E-state index in [2.05, 4.69) is 49.9 Å². The summed E-state index contributed by atoms with van der Waals surface area (Å²) in [5.74, 6) is 0.508. The summed E-state index contributed by atoms with van der Waals surface area (Å²) in [7, 11) is 0. The first kappa shape index (κ1) is 20.6. The van der Waals surface area contributed by atoms with Gasteiger partial charge in [0.05, 0.1) is 12.7 Å². The standard InChI is InChI=1S/C24H32N2O2/c1-19(2)15-26(24(27)22-7-5-4-6-8-22)18-23-17-25(13-14-28-23)16-21-11-9-20(3)10-12-21/h4-12,19,23H,13-18H2,1-3H3/t23-/m1/s1. The predicted molar refractivity (Wildman–Crippen MR) is 113 cm³/mol. The van der Waals surface area contributed by atoms with Crippen LogP contribution in [0.1, 0.15) is 35.3 Å². The summed E-state index contributed by atoms with van der Waals surface area (Å²) in [6.07, 6.45) is 0.0469. The van der Waals surface area contributed by atoms with Gasteiger partial charge in [0.25, 0.3) is 5.91 Å². The highest BCUT2D eigenvalue weighted by Crippen LogP contribution is 2.15. The van der Waals surface area contributed by atoms with Crippen LogP contribution in [-0.2, 0) is 11.3 Å². The van der Waals surface area contributed by atoms with Crippen molar-refractivity contribution >= 4 is 5.91 Å². The third kappa shape index (κ3) is 5.91. The molecule has 28 heavy (non-hydrogen) atoms. The number of morpholine rings is 1. The van der Waals surface area contributed by atoms with Crippen molar-refractivity contribution in [3.63, 3.8) is 0 Å². The number of carbonyl (C=O) groups is 1. The summed E-state index contributed by atoms with van der Waals surface area (Å²) in [5.41, 5.74) is 3.36. The lowest BCUT2D eigenvalue weighted by Crippen LogP contribution is -2.49. The smallest absolute Gasteiger partial charge is 0.253 e. The van der Waals surface area contributed by atoms with E-state index in [4.69, 9.17) is 4.74 Å². The molecular formula is C24H32N2O2. The van der Waals surface area contributed by atoms with Gasteiger partial charge in [-0.15, -0.1) is 0 Å². The van der Waals surface area contributed by atoms with Gasteiger partial charge < -0.3 is 9.64 Å². The van der Waals surface area contributed by atoms with Gasteiger partial charge in [-0.25, -0.2) is 0 Å². The first-order valence-corrected chi connectivity index (χ1v) is 10.2. The second-order valence-corrected chi connectivity index (χ2v) is 8.18. The third-order valence-electron chi connectivity index (χ3n) is 5.07. The summed E-state index contributed by atoms with van der Waals surface area (Å²) >= 11 is 0. The maximum Gasteiger partial charge on any atom is 0.253 e. The fraction of sp³-hybridized carbons (Fsp3) is 0.458. The Morgan fingerprint density at radius 3 is 2.54 bits per heavy atom. The monoisotopic (exact) mass is 380 g/mol. The van der Waals surface area contributed by atoms with Crippen molar-refractivity contribution in [2.75, 3.05) is 32.8 Å². The van der Waals surface area contributed by atoms with Crippen LogP contribution >= 0.6 is 0 Å². The Kier molecular flexibility index (Phi) is 7.24. The Morgan fingerprint density at radius 2 is 1.86 bits per heavy atom. The zero-order valence-corrected chi connectivity index (χ0v) is 17.3. The molecule has 2 aromatic rings. The molecule has 0 spiro atoms. The van der Waals surface area contributed by atoms with Crippen molar-refractivity contribution in [3.8, 4) is 0 Å². The minimum absolute atomic E-state index is 0.0469. The number of amides is 1. The SMILES string of the molecule is Cc1ccc(CN2CCO[C@@H](CN(CC(C)C)C(=O)c3ccccc3)C2)cc1. The van der Waals surface area contributed by atoms with Crippen LogP contribution in [0.15, 0.2) is 54.6 Å². The average molecular weight is 381 g/mol. The number of nitrogens with zero attached hydrogens (tertiary/aromatic N) is 2. The van der Waals surface area contributed by atoms with Crippen LogP contribution in [0.5, 0.6) is 0 Å². The van der Waals surface area contributed by atoms with Crippen molar-refractivity contribution in [3.05, 3.63) is 71.3 Å². The highest BCUT2D eigenvalue weighted by atomic mass is 16.5. The van der Waals surface area contributed by atoms with Crippen molar-refractivity contribution in [1.29, 1.82) is 0 Å². The Bertz CT molecular complexity index is 743. The molecule has 1 atom stereocenters. The molecule has 3 rings (SSSR count). The van der Waals surface area contributed by atoms with Gasteiger partial charge in [0.2, 0.25) is 0 Å². The summed E-state index contributed by atoms with van der Waals surface area (Å²) < 4.78 is 6.03. The Hall–Kier alpha value is -2.17. The van der Waals surface area contributed by atoms with Gasteiger partial charge in [0.15, 0.2) is 0 Å². The van der Waals surface area contributed by atoms with Crippen LogP contribution in [0.25, 0.3) is 0 Å². The van der Waals surface area contributed by atoms with Gasteiger partial charge in [0, 0.05) is 38.3 Å². The molecule has 1 aliphatic heterocycles. The van der Waals surface area contributed by atoms with Gasteiger partial charge in [0.1, 0.15) is 0 Å². The molecule has 1 aliphatic rings. The van der Waals surface area contributed by atoms with E-state index >= 15 is 0 Å². The van der Waals surface area contributed by atoms with E-state index in [9.17, 15) is 4.79 Å². The van der Waals surface area contributed by atoms with Crippen LogP contribution in [-0.4, -0.2) is 54.6 Å². The number of aryl methyl sites for hydroxylation is 1. The number of hydrogen-bond donors (Lipinski definition) is 0. The van der Waals surface area contributed by atoms with Crippen molar-refractivity contribution in [2.45, 2.75) is 33.4 Å². The molecular weight excluding hydrogens is 348 g/mol. The molecule has 0 aliphatic carbocycles. The van der Waals surface area contributed by atoms with E-state index < -0.39 is 0 Å². The average Bonchev–Trinajstić information content (AvgIpc) is 2.69. The molecule has 1 amide bonds. The zero-order valence-electron chi connectivity index (χ0n) is 17.3. The molecule has 1 saturated heterocycles. The van der Waals surface area contributed by atoms with Crippen LogP contribution in [0, 0.1) is 12.8 Å². The van der Waals surface area contributed by atoms with E-state index in [1.165, 1.54) is 11.1 Å². The molecule has 0 aromatic heterocycles. The lowest BCUT2D eigenvalue weighted by Gasteiger charge is -2.36. The van der Waals surface area contributed by atoms with E-state index in [1.807, 2.05) is 35.2 Å². The van der Waals surface area contributed by atoms with E-state index in [-0.39, 0.29) is 12.0 Å². The van der Waals surface area contributed by atoms with E-state index in [0.29, 0.717) is 19.1 Å². The topological polar surface area (TPSA) is 32.8 Å². The number of carbonyl (C=O) groups excluding carboxylic acids is 1. The second kappa shape index (κ2) is 9.85. The molecule has 0 N–H and O–H groups in total. The fourth-order valence-corrected chi connectivity index (χ4v) is 3.68. The lowest BCUT2D eigenvalue weighted by molar-refractivity contribution is -0.0438. The van der Waals surface area contributed by atoms with Gasteiger partial charge in [-0.2, -0.15) is 0 Å². The first-order chi connectivity index (χ1) is 13.5. The van der Waals surface area contributed by atoms with Crippen LogP contribution < -0.4 is 0 Å². The van der Waals surface area contributed by atoms with Gasteiger partial charge in [-0.3, -0.25) is 9.69 Å². The fourth-order valence-electron chi connectivity index (χ4n) is 3.68. The van der Waals surface area contributed by atoms with Crippen molar-refractivity contribution in [1.82, 2.24) is 9.80 Å². The first-order valence-electron chi connectivity index (χ1n) is 10.2.